The quantitative estimate of drug-likeness (QED) is 0.120. The Balaban J connectivity index is 1.38. The first-order valence-electron chi connectivity index (χ1n) is 11.8. The summed E-state index contributed by atoms with van der Waals surface area (Å²) in [6.07, 6.45) is 1.86. The molecule has 0 bridgehead atoms. The largest absolute Gasteiger partial charge is 0.478 e. The molecule has 2 aliphatic rings. The maximum atomic E-state index is 13.2. The molecule has 3 aromatic heterocycles. The van der Waals surface area contributed by atoms with Gasteiger partial charge in [-0.15, -0.1) is 34.4 Å². The third kappa shape index (κ3) is 5.00. The minimum atomic E-state index is -1.75. The second-order valence-corrected chi connectivity index (χ2v) is 12.3. The molecule has 5 N–H and O–H groups in total. The molecule has 1 saturated heterocycles. The van der Waals surface area contributed by atoms with E-state index in [1.54, 1.807) is 11.3 Å². The van der Waals surface area contributed by atoms with E-state index in [0.29, 0.717) is 11.3 Å². The Morgan fingerprint density at radius 1 is 1.30 bits per heavy atom. The summed E-state index contributed by atoms with van der Waals surface area (Å²) in [6, 6.07) is 4.77. The van der Waals surface area contributed by atoms with Gasteiger partial charge >= 0.3 is 11.9 Å². The predicted octanol–water partition coefficient (Wildman–Crippen LogP) is 1.25. The molecule has 13 nitrogen and oxygen atoms in total. The fourth-order valence-electron chi connectivity index (χ4n) is 4.15. The van der Waals surface area contributed by atoms with Crippen molar-refractivity contribution in [3.05, 3.63) is 52.1 Å². The molecule has 40 heavy (non-hydrogen) atoms. The van der Waals surface area contributed by atoms with Crippen LogP contribution in [-0.2, 0) is 30.6 Å². The number of aromatic nitrogens is 2. The van der Waals surface area contributed by atoms with Crippen LogP contribution in [0.25, 0.3) is 10.2 Å². The van der Waals surface area contributed by atoms with Gasteiger partial charge in [0.1, 0.15) is 22.8 Å². The number of carboxylic acid groups (broad SMARTS) is 2. The number of rotatable bonds is 9. The number of nitrogen functional groups attached to an aromatic ring is 1. The molecule has 2 atom stereocenters. The normalized spacial score (nSPS) is 19.3. The molecule has 0 saturated carbocycles. The average molecular weight is 604 g/mol. The molecule has 0 radical (unpaired) electrons. The van der Waals surface area contributed by atoms with Crippen LogP contribution in [0.2, 0.25) is 0 Å². The number of thiophene rings is 1. The molecule has 5 rings (SSSR count). The molecule has 0 aliphatic carbocycles. The summed E-state index contributed by atoms with van der Waals surface area (Å²) in [6.45, 7) is 2.80. The fraction of sp³-hybridized carbons (Fsp3) is 0.292. The molecule has 2 amide bonds. The third-order valence-corrected chi connectivity index (χ3v) is 9.14. The lowest BCUT2D eigenvalue weighted by atomic mass is 10.0. The summed E-state index contributed by atoms with van der Waals surface area (Å²) in [5, 5.41) is 28.5. The molecule has 2 aliphatic heterocycles. The highest BCUT2D eigenvalue weighted by Gasteiger charge is 2.55. The molecule has 3 aromatic rings. The molecule has 0 spiro atoms. The Bertz CT molecular complexity index is 1610. The molecule has 1 fully saturated rings. The van der Waals surface area contributed by atoms with Gasteiger partial charge in [-0.3, -0.25) is 14.5 Å². The number of thiazole rings is 1. The second-order valence-electron chi connectivity index (χ2n) is 9.34. The zero-order chi connectivity index (χ0) is 28.8. The van der Waals surface area contributed by atoms with Gasteiger partial charge in [0.15, 0.2) is 23.6 Å². The number of anilines is 1. The number of aliphatic carboxylic acids is 2. The maximum absolute atomic E-state index is 13.2. The standard InChI is InChI=1S/C24H22N6O7S3/c1-24(2,22(35)36)37-28-15(12-10-40-23(25)26-12)18(31)27-16-19(32)30-17(21(33)34)11(9-39-20(16)30)8-29-6-3-4-14-13(29)5-7-38-14/h3-7,10,16,20H,8-9H2,1-2H3,(H4-,25,26,27,31,33,34,35,36)/p+1/t16?,20-/m1/s1. The van der Waals surface area contributed by atoms with Crippen molar-refractivity contribution < 1.29 is 38.8 Å². The van der Waals surface area contributed by atoms with E-state index in [-0.39, 0.29) is 28.8 Å². The Kier molecular flexibility index (Phi) is 7.24. The summed E-state index contributed by atoms with van der Waals surface area (Å²) in [5.41, 5.74) is 5.03. The summed E-state index contributed by atoms with van der Waals surface area (Å²) < 4.78 is 2.99. The number of thioether (sulfide) groups is 1. The van der Waals surface area contributed by atoms with Gasteiger partial charge in [-0.05, 0) is 25.3 Å². The van der Waals surface area contributed by atoms with Crippen molar-refractivity contribution in [2.24, 2.45) is 5.16 Å². The highest BCUT2D eigenvalue weighted by molar-refractivity contribution is 8.00. The number of nitrogens with two attached hydrogens (primary N) is 1. The van der Waals surface area contributed by atoms with Crippen LogP contribution < -0.4 is 15.6 Å². The number of nitrogens with one attached hydrogen (secondary N) is 1. The molecule has 5 heterocycles. The van der Waals surface area contributed by atoms with E-state index in [4.69, 9.17) is 10.6 Å². The lowest BCUT2D eigenvalue weighted by Crippen LogP contribution is -2.71. The van der Waals surface area contributed by atoms with Gasteiger partial charge in [0, 0.05) is 28.8 Å². The lowest BCUT2D eigenvalue weighted by Gasteiger charge is -2.49. The minimum absolute atomic E-state index is 0.0363. The first kappa shape index (κ1) is 27.5. The van der Waals surface area contributed by atoms with E-state index in [9.17, 15) is 29.4 Å². The lowest BCUT2D eigenvalue weighted by molar-refractivity contribution is -0.663. The molecule has 0 aromatic carbocycles. The number of carbonyl (C=O) groups excluding carboxylic acids is 2. The van der Waals surface area contributed by atoms with Crippen molar-refractivity contribution in [2.45, 2.75) is 37.4 Å². The Morgan fingerprint density at radius 2 is 2.08 bits per heavy atom. The number of carboxylic acids is 2. The molecular weight excluding hydrogens is 581 g/mol. The number of oxime groups is 1. The Labute approximate surface area is 238 Å². The third-order valence-electron chi connectivity index (χ3n) is 6.25. The van der Waals surface area contributed by atoms with Crippen LogP contribution in [0.4, 0.5) is 5.13 Å². The van der Waals surface area contributed by atoms with Crippen molar-refractivity contribution in [1.82, 2.24) is 15.2 Å². The zero-order valence-corrected chi connectivity index (χ0v) is 23.5. The number of amides is 2. The number of hydrogen-bond acceptors (Lipinski definition) is 11. The van der Waals surface area contributed by atoms with Crippen LogP contribution in [0.3, 0.4) is 0 Å². The van der Waals surface area contributed by atoms with Gasteiger partial charge in [0.05, 0.1) is 4.70 Å². The van der Waals surface area contributed by atoms with E-state index >= 15 is 0 Å². The second kappa shape index (κ2) is 10.5. The topological polar surface area (TPSA) is 188 Å². The van der Waals surface area contributed by atoms with E-state index in [2.05, 4.69) is 15.5 Å². The van der Waals surface area contributed by atoms with Crippen molar-refractivity contribution >= 4 is 79.2 Å². The highest BCUT2D eigenvalue weighted by Crippen LogP contribution is 2.40. The average Bonchev–Trinajstić information content (AvgIpc) is 3.56. The van der Waals surface area contributed by atoms with Crippen molar-refractivity contribution in [2.75, 3.05) is 11.5 Å². The van der Waals surface area contributed by atoms with E-state index in [1.807, 2.05) is 34.3 Å². The van der Waals surface area contributed by atoms with Crippen molar-refractivity contribution in [3.8, 4) is 0 Å². The van der Waals surface area contributed by atoms with Crippen molar-refractivity contribution in [3.63, 3.8) is 0 Å². The van der Waals surface area contributed by atoms with Gasteiger partial charge in [0.2, 0.25) is 11.1 Å². The minimum Gasteiger partial charge on any atom is -0.478 e. The molecular formula is C24H23N6O7S3+. The number of hydrogen-bond donors (Lipinski definition) is 4. The van der Waals surface area contributed by atoms with E-state index in [1.165, 1.54) is 35.9 Å². The van der Waals surface area contributed by atoms with Crippen LogP contribution in [0.15, 0.2) is 51.6 Å². The summed E-state index contributed by atoms with van der Waals surface area (Å²) >= 11 is 3.94. The number of pyridine rings is 1. The van der Waals surface area contributed by atoms with Crippen LogP contribution >= 0.6 is 34.4 Å². The first-order valence-corrected chi connectivity index (χ1v) is 14.6. The highest BCUT2D eigenvalue weighted by atomic mass is 32.2. The molecule has 208 valence electrons. The van der Waals surface area contributed by atoms with E-state index < -0.39 is 40.8 Å². The predicted molar refractivity (Wildman–Crippen MR) is 148 cm³/mol. The monoisotopic (exact) mass is 603 g/mol. The number of carbonyl (C=O) groups is 4. The van der Waals surface area contributed by atoms with Crippen LogP contribution in [0, 0.1) is 0 Å². The van der Waals surface area contributed by atoms with Gasteiger partial charge < -0.3 is 26.1 Å². The van der Waals surface area contributed by atoms with Crippen LogP contribution in [0.1, 0.15) is 19.5 Å². The summed E-state index contributed by atoms with van der Waals surface area (Å²) in [4.78, 5) is 60.5. The van der Waals surface area contributed by atoms with Crippen LogP contribution in [-0.4, -0.2) is 72.3 Å². The van der Waals surface area contributed by atoms with Gasteiger partial charge in [-0.25, -0.2) is 14.6 Å². The van der Waals surface area contributed by atoms with Gasteiger partial charge in [-0.2, -0.15) is 4.57 Å². The number of fused-ring (bicyclic) bond motifs is 2. The van der Waals surface area contributed by atoms with Crippen LogP contribution in [0.5, 0.6) is 0 Å². The molecule has 1 unspecified atom stereocenters. The Hall–Kier alpha value is -4.02. The van der Waals surface area contributed by atoms with E-state index in [0.717, 1.165) is 21.6 Å². The number of β-lactam (4-membered cyclic amide) rings is 1. The summed E-state index contributed by atoms with van der Waals surface area (Å²) in [7, 11) is 0. The van der Waals surface area contributed by atoms with Crippen molar-refractivity contribution in [1.29, 1.82) is 0 Å². The van der Waals surface area contributed by atoms with Gasteiger partial charge in [-0.1, -0.05) is 5.16 Å². The SMILES string of the molecule is CC(C)(ON=C(C(=O)NC1C(=O)N2C(C(=O)O)=C(C[n+]3cccc4sccc43)CS[C@H]12)c1csc(N)n1)C(=O)O. The zero-order valence-electron chi connectivity index (χ0n) is 21.1. The Morgan fingerprint density at radius 3 is 2.75 bits per heavy atom. The fourth-order valence-corrected chi connectivity index (χ4v) is 6.84. The first-order chi connectivity index (χ1) is 19.0. The maximum Gasteiger partial charge on any atom is 0.352 e. The summed E-state index contributed by atoms with van der Waals surface area (Å²) in [5.74, 6) is -3.66. The molecule has 16 heteroatoms. The smallest absolute Gasteiger partial charge is 0.352 e. The van der Waals surface area contributed by atoms with Gasteiger partial charge in [0.25, 0.3) is 11.8 Å². The number of nitrogens with zero attached hydrogens (tertiary/aromatic N) is 4.